The van der Waals surface area contributed by atoms with Crippen LogP contribution in [0.25, 0.3) is 0 Å². The molecule has 0 saturated carbocycles. The normalized spacial score (nSPS) is 15.7. The van der Waals surface area contributed by atoms with E-state index in [9.17, 15) is 0 Å². The second-order valence-corrected chi connectivity index (χ2v) is 3.64. The molecule has 2 nitrogen and oxygen atoms in total. The Bertz CT molecular complexity index is 81.5. The Balaban J connectivity index is 3.47. The Labute approximate surface area is 66.1 Å². The van der Waals surface area contributed by atoms with Crippen LogP contribution in [0.5, 0.6) is 0 Å². The minimum Gasteiger partial charge on any atom is -0.328 e. The van der Waals surface area contributed by atoms with Crippen molar-refractivity contribution in [3.05, 3.63) is 0 Å². The van der Waals surface area contributed by atoms with E-state index in [1.165, 1.54) is 0 Å². The SMILES string of the molecule is C[N+](C)(C)CC(Cl)OCl. The van der Waals surface area contributed by atoms with E-state index in [1.807, 2.05) is 21.1 Å². The molecule has 56 valence electrons. The van der Waals surface area contributed by atoms with Crippen molar-refractivity contribution in [2.75, 3.05) is 27.7 Å². The van der Waals surface area contributed by atoms with Gasteiger partial charge in [0.25, 0.3) is 0 Å². The number of hydrogen-bond donors (Lipinski definition) is 0. The molecule has 0 bridgehead atoms. The predicted molar refractivity (Wildman–Crippen MR) is 39.5 cm³/mol. The Morgan fingerprint density at radius 1 is 1.44 bits per heavy atom. The molecular formula is C5H12Cl2NO+. The Kier molecular flexibility index (Phi) is 3.82. The lowest BCUT2D eigenvalue weighted by Gasteiger charge is -2.24. The van der Waals surface area contributed by atoms with Crippen LogP contribution in [-0.4, -0.2) is 37.7 Å². The molecule has 0 radical (unpaired) electrons. The molecule has 0 heterocycles. The molecule has 0 amide bonds. The van der Waals surface area contributed by atoms with E-state index in [0.29, 0.717) is 6.54 Å². The third-order valence-electron chi connectivity index (χ3n) is 0.788. The zero-order valence-electron chi connectivity index (χ0n) is 5.90. The Morgan fingerprint density at radius 2 is 1.89 bits per heavy atom. The van der Waals surface area contributed by atoms with Gasteiger partial charge in [-0.1, -0.05) is 11.6 Å². The van der Waals surface area contributed by atoms with E-state index in [1.54, 1.807) is 0 Å². The van der Waals surface area contributed by atoms with Crippen LogP contribution < -0.4 is 0 Å². The van der Waals surface area contributed by atoms with E-state index in [0.717, 1.165) is 4.48 Å². The number of quaternary nitrogens is 1. The van der Waals surface area contributed by atoms with Gasteiger partial charge in [0.2, 0.25) is 5.56 Å². The molecule has 0 rings (SSSR count). The smallest absolute Gasteiger partial charge is 0.200 e. The van der Waals surface area contributed by atoms with Crippen molar-refractivity contribution in [2.45, 2.75) is 5.56 Å². The predicted octanol–water partition coefficient (Wildman–Crippen LogP) is 1.43. The largest absolute Gasteiger partial charge is 0.328 e. The quantitative estimate of drug-likeness (QED) is 0.463. The highest BCUT2D eigenvalue weighted by molar-refractivity contribution is 6.22. The number of hydrogen-bond acceptors (Lipinski definition) is 1. The minimum absolute atomic E-state index is 0.397. The molecular weight excluding hydrogens is 161 g/mol. The van der Waals surface area contributed by atoms with Gasteiger partial charge in [-0.05, 0) is 0 Å². The average molecular weight is 173 g/mol. The summed E-state index contributed by atoms with van der Waals surface area (Å²) in [6.45, 7) is 0.699. The Hall–Kier alpha value is 0.500. The first-order valence-corrected chi connectivity index (χ1v) is 3.42. The van der Waals surface area contributed by atoms with Gasteiger partial charge in [0.1, 0.15) is 6.54 Å². The van der Waals surface area contributed by atoms with Gasteiger partial charge < -0.3 is 4.48 Å². The molecule has 1 unspecified atom stereocenters. The van der Waals surface area contributed by atoms with Gasteiger partial charge in [0, 0.05) is 0 Å². The second-order valence-electron chi connectivity index (χ2n) is 2.97. The molecule has 0 aliphatic heterocycles. The molecule has 0 saturated heterocycles. The van der Waals surface area contributed by atoms with Crippen LogP contribution in [-0.2, 0) is 4.29 Å². The summed E-state index contributed by atoms with van der Waals surface area (Å²) in [5.74, 6) is 0. The van der Waals surface area contributed by atoms with Crippen molar-refractivity contribution in [1.82, 2.24) is 0 Å². The van der Waals surface area contributed by atoms with Gasteiger partial charge in [0.15, 0.2) is 0 Å². The van der Waals surface area contributed by atoms with E-state index < -0.39 is 5.56 Å². The van der Waals surface area contributed by atoms with Crippen LogP contribution >= 0.6 is 23.5 Å². The molecule has 0 fully saturated rings. The fourth-order valence-electron chi connectivity index (χ4n) is 0.459. The summed E-state index contributed by atoms with van der Waals surface area (Å²) < 4.78 is 5.10. The van der Waals surface area contributed by atoms with Crippen molar-refractivity contribution in [3.8, 4) is 0 Å². The van der Waals surface area contributed by atoms with Crippen LogP contribution in [0.15, 0.2) is 0 Å². The lowest BCUT2D eigenvalue weighted by Crippen LogP contribution is -2.39. The zero-order valence-corrected chi connectivity index (χ0v) is 7.41. The summed E-state index contributed by atoms with van der Waals surface area (Å²) in [6.07, 6.45) is 0. The van der Waals surface area contributed by atoms with Gasteiger partial charge in [-0.3, -0.25) is 4.29 Å². The summed E-state index contributed by atoms with van der Waals surface area (Å²) in [4.78, 5) is 0. The van der Waals surface area contributed by atoms with Crippen molar-refractivity contribution in [3.63, 3.8) is 0 Å². The van der Waals surface area contributed by atoms with Crippen molar-refractivity contribution in [2.24, 2.45) is 0 Å². The summed E-state index contributed by atoms with van der Waals surface area (Å²) >= 11 is 10.6. The van der Waals surface area contributed by atoms with Gasteiger partial charge in [-0.2, -0.15) is 0 Å². The molecule has 0 N–H and O–H groups in total. The van der Waals surface area contributed by atoms with E-state index in [4.69, 9.17) is 23.5 Å². The molecule has 0 spiro atoms. The fraction of sp³-hybridized carbons (Fsp3) is 1.00. The molecule has 4 heteroatoms. The highest BCUT2D eigenvalue weighted by Gasteiger charge is 2.14. The summed E-state index contributed by atoms with van der Waals surface area (Å²) in [5, 5.41) is 0. The molecule has 0 aliphatic carbocycles. The highest BCUT2D eigenvalue weighted by Crippen LogP contribution is 2.05. The van der Waals surface area contributed by atoms with Gasteiger partial charge >= 0.3 is 0 Å². The minimum atomic E-state index is -0.397. The third kappa shape index (κ3) is 6.38. The molecule has 0 aliphatic rings. The lowest BCUT2D eigenvalue weighted by atomic mass is 10.5. The average Bonchev–Trinajstić information content (AvgIpc) is 1.62. The van der Waals surface area contributed by atoms with E-state index >= 15 is 0 Å². The monoisotopic (exact) mass is 172 g/mol. The first-order chi connectivity index (χ1) is 3.95. The molecule has 9 heavy (non-hydrogen) atoms. The number of alkyl halides is 1. The molecule has 1 atom stereocenters. The van der Waals surface area contributed by atoms with Crippen molar-refractivity contribution >= 4 is 23.5 Å². The Morgan fingerprint density at radius 3 is 2.00 bits per heavy atom. The lowest BCUT2D eigenvalue weighted by molar-refractivity contribution is -0.871. The highest BCUT2D eigenvalue weighted by atomic mass is 35.5. The number of rotatable bonds is 3. The summed E-state index contributed by atoms with van der Waals surface area (Å²) in [6, 6.07) is 0. The molecule has 0 aromatic heterocycles. The van der Waals surface area contributed by atoms with Crippen molar-refractivity contribution in [1.29, 1.82) is 0 Å². The maximum absolute atomic E-state index is 5.58. The summed E-state index contributed by atoms with van der Waals surface area (Å²) in [5.41, 5.74) is -0.397. The zero-order chi connectivity index (χ0) is 7.49. The number of halogens is 2. The molecule has 0 aromatic rings. The maximum atomic E-state index is 5.58. The molecule has 0 aromatic carbocycles. The fourth-order valence-corrected chi connectivity index (χ4v) is 0.929. The number of likely N-dealkylation sites (N-methyl/N-ethyl adjacent to an activating group) is 1. The van der Waals surface area contributed by atoms with Crippen molar-refractivity contribution < 1.29 is 8.77 Å². The van der Waals surface area contributed by atoms with Gasteiger partial charge in [-0.15, -0.1) is 0 Å². The van der Waals surface area contributed by atoms with Crippen LogP contribution in [0.1, 0.15) is 0 Å². The van der Waals surface area contributed by atoms with Gasteiger partial charge in [0.05, 0.1) is 33.0 Å². The van der Waals surface area contributed by atoms with Gasteiger partial charge in [-0.25, -0.2) is 0 Å². The number of nitrogens with zero attached hydrogens (tertiary/aromatic N) is 1. The second kappa shape index (κ2) is 3.62. The third-order valence-corrected chi connectivity index (χ3v) is 1.32. The van der Waals surface area contributed by atoms with E-state index in [-0.39, 0.29) is 0 Å². The van der Waals surface area contributed by atoms with E-state index in [2.05, 4.69) is 4.29 Å². The van der Waals surface area contributed by atoms with Crippen LogP contribution in [0, 0.1) is 0 Å². The summed E-state index contributed by atoms with van der Waals surface area (Å²) in [7, 11) is 6.06. The van der Waals surface area contributed by atoms with Crippen LogP contribution in [0.3, 0.4) is 0 Å². The first kappa shape index (κ1) is 9.50. The van der Waals surface area contributed by atoms with Crippen LogP contribution in [0.2, 0.25) is 0 Å². The topological polar surface area (TPSA) is 9.23 Å². The van der Waals surface area contributed by atoms with Crippen LogP contribution in [0.4, 0.5) is 0 Å². The standard InChI is InChI=1S/C5H12Cl2NO/c1-8(2,3)4-5(6)9-7/h5H,4H2,1-3H3/q+1. The maximum Gasteiger partial charge on any atom is 0.200 e. The first-order valence-electron chi connectivity index (χ1n) is 2.67.